The molecule has 2 unspecified atom stereocenters. The Morgan fingerprint density at radius 1 is 1.10 bits per heavy atom. The SMILES string of the molecule is Cc1cc(F)cc([C@H]2C(CCC(=O)CC3N=C(C4CC4)C=C3C(F)(F)F)CCC[C@H]2C2CCN(C)CC2)c1Cl. The quantitative estimate of drug-likeness (QED) is 0.298. The number of rotatable bonds is 8. The van der Waals surface area contributed by atoms with Crippen molar-refractivity contribution in [1.82, 2.24) is 4.90 Å². The van der Waals surface area contributed by atoms with Crippen molar-refractivity contribution in [3.05, 3.63) is 45.7 Å². The normalized spacial score (nSPS) is 28.9. The van der Waals surface area contributed by atoms with E-state index in [1.165, 1.54) is 12.1 Å². The van der Waals surface area contributed by atoms with Crippen LogP contribution in [0, 0.1) is 36.4 Å². The van der Waals surface area contributed by atoms with Crippen LogP contribution in [0.15, 0.2) is 28.8 Å². The molecule has 2 aliphatic heterocycles. The second-order valence-electron chi connectivity index (χ2n) is 12.4. The summed E-state index contributed by atoms with van der Waals surface area (Å²) in [6, 6.07) is 1.92. The highest BCUT2D eigenvalue weighted by Gasteiger charge is 2.45. The Labute approximate surface area is 234 Å². The fourth-order valence-electron chi connectivity index (χ4n) is 7.35. The molecule has 0 aromatic heterocycles. The lowest BCUT2D eigenvalue weighted by molar-refractivity contribution is -0.120. The molecule has 2 heterocycles. The van der Waals surface area contributed by atoms with Crippen LogP contribution in [0.3, 0.4) is 0 Å². The maximum atomic E-state index is 14.6. The highest BCUT2D eigenvalue weighted by Crippen LogP contribution is 2.51. The number of carbonyl (C=O) groups excluding carboxylic acids is 1. The minimum absolute atomic E-state index is 0.0402. The minimum Gasteiger partial charge on any atom is -0.306 e. The van der Waals surface area contributed by atoms with Crippen LogP contribution >= 0.6 is 11.6 Å². The van der Waals surface area contributed by atoms with Crippen LogP contribution in [-0.4, -0.2) is 48.8 Å². The molecule has 0 spiro atoms. The Morgan fingerprint density at radius 2 is 1.82 bits per heavy atom. The van der Waals surface area contributed by atoms with E-state index in [1.807, 2.05) is 6.92 Å². The summed E-state index contributed by atoms with van der Waals surface area (Å²) in [6.45, 7) is 3.89. The van der Waals surface area contributed by atoms with E-state index in [0.29, 0.717) is 34.6 Å². The number of benzene rings is 1. The smallest absolute Gasteiger partial charge is 0.306 e. The predicted molar refractivity (Wildman–Crippen MR) is 147 cm³/mol. The Hall–Kier alpha value is -1.73. The fourth-order valence-corrected chi connectivity index (χ4v) is 7.58. The van der Waals surface area contributed by atoms with Crippen molar-refractivity contribution in [2.24, 2.45) is 28.7 Å². The lowest BCUT2D eigenvalue weighted by atomic mass is 9.61. The van der Waals surface area contributed by atoms with Gasteiger partial charge in [-0.25, -0.2) is 4.39 Å². The van der Waals surface area contributed by atoms with Gasteiger partial charge in [-0.1, -0.05) is 18.0 Å². The molecule has 8 heteroatoms. The summed E-state index contributed by atoms with van der Waals surface area (Å²) in [7, 11) is 2.14. The van der Waals surface area contributed by atoms with E-state index in [1.54, 1.807) is 6.07 Å². The van der Waals surface area contributed by atoms with Crippen molar-refractivity contribution in [1.29, 1.82) is 0 Å². The zero-order chi connectivity index (χ0) is 27.9. The first kappa shape index (κ1) is 28.8. The first-order chi connectivity index (χ1) is 18.5. The van der Waals surface area contributed by atoms with Crippen molar-refractivity contribution in [2.75, 3.05) is 20.1 Å². The van der Waals surface area contributed by atoms with Crippen molar-refractivity contribution < 1.29 is 22.4 Å². The van der Waals surface area contributed by atoms with E-state index in [4.69, 9.17) is 11.6 Å². The summed E-state index contributed by atoms with van der Waals surface area (Å²) in [4.78, 5) is 19.8. The summed E-state index contributed by atoms with van der Waals surface area (Å²) in [6.07, 6.45) is 4.18. The highest BCUT2D eigenvalue weighted by atomic mass is 35.5. The zero-order valence-corrected chi connectivity index (χ0v) is 23.6. The van der Waals surface area contributed by atoms with Gasteiger partial charge in [-0.15, -0.1) is 0 Å². The van der Waals surface area contributed by atoms with Crippen LogP contribution in [0.4, 0.5) is 17.6 Å². The van der Waals surface area contributed by atoms with Crippen LogP contribution < -0.4 is 0 Å². The molecule has 39 heavy (non-hydrogen) atoms. The van der Waals surface area contributed by atoms with Crippen LogP contribution in [0.25, 0.3) is 0 Å². The number of carbonyl (C=O) groups is 1. The van der Waals surface area contributed by atoms with Gasteiger partial charge < -0.3 is 4.90 Å². The van der Waals surface area contributed by atoms with Gasteiger partial charge in [0.25, 0.3) is 0 Å². The Balaban J connectivity index is 1.32. The molecule has 5 rings (SSSR count). The van der Waals surface area contributed by atoms with E-state index >= 15 is 0 Å². The molecule has 1 saturated heterocycles. The molecule has 4 aliphatic rings. The van der Waals surface area contributed by atoms with E-state index in [9.17, 15) is 22.4 Å². The molecule has 0 radical (unpaired) electrons. The number of piperidine rings is 1. The zero-order valence-electron chi connectivity index (χ0n) is 22.9. The number of alkyl halides is 3. The van der Waals surface area contributed by atoms with Crippen molar-refractivity contribution in [2.45, 2.75) is 89.3 Å². The predicted octanol–water partition coefficient (Wildman–Crippen LogP) is 8.09. The molecule has 1 aromatic carbocycles. The molecule has 4 atom stereocenters. The monoisotopic (exact) mass is 566 g/mol. The second-order valence-corrected chi connectivity index (χ2v) is 12.7. The minimum atomic E-state index is -4.48. The van der Waals surface area contributed by atoms with Crippen LogP contribution in [0.2, 0.25) is 5.02 Å². The van der Waals surface area contributed by atoms with Crippen LogP contribution in [-0.2, 0) is 4.79 Å². The molecule has 3 nitrogen and oxygen atoms in total. The topological polar surface area (TPSA) is 32.7 Å². The van der Waals surface area contributed by atoms with Gasteiger partial charge in [-0.05, 0) is 125 Å². The van der Waals surface area contributed by atoms with Crippen LogP contribution in [0.5, 0.6) is 0 Å². The second kappa shape index (κ2) is 11.6. The number of aryl methyl sites for hydroxylation is 1. The van der Waals surface area contributed by atoms with Crippen molar-refractivity contribution >= 4 is 23.1 Å². The molecule has 2 saturated carbocycles. The Kier molecular flexibility index (Phi) is 8.59. The van der Waals surface area contributed by atoms with Crippen molar-refractivity contribution in [3.63, 3.8) is 0 Å². The molecular formula is C31H39ClF4N2O. The number of halogens is 5. The molecule has 214 valence electrons. The van der Waals surface area contributed by atoms with E-state index in [2.05, 4.69) is 16.9 Å². The third-order valence-corrected chi connectivity index (χ3v) is 10.1. The van der Waals surface area contributed by atoms with Gasteiger partial charge >= 0.3 is 6.18 Å². The largest absolute Gasteiger partial charge is 0.414 e. The van der Waals surface area contributed by atoms with Gasteiger partial charge in [0.2, 0.25) is 0 Å². The number of ketones is 1. The van der Waals surface area contributed by atoms with E-state index in [0.717, 1.165) is 63.6 Å². The van der Waals surface area contributed by atoms with Gasteiger partial charge in [0.15, 0.2) is 0 Å². The van der Waals surface area contributed by atoms with Crippen LogP contribution in [0.1, 0.15) is 81.3 Å². The number of hydrogen-bond donors (Lipinski definition) is 0. The summed E-state index contributed by atoms with van der Waals surface area (Å²) in [5.74, 6) is 0.672. The molecule has 2 aliphatic carbocycles. The number of aliphatic imine (C=N–C) groups is 1. The molecule has 1 aromatic rings. The summed E-state index contributed by atoms with van der Waals surface area (Å²) in [5, 5.41) is 0.602. The maximum Gasteiger partial charge on any atom is 0.414 e. The molecular weight excluding hydrogens is 528 g/mol. The van der Waals surface area contributed by atoms with E-state index in [-0.39, 0.29) is 42.2 Å². The maximum absolute atomic E-state index is 14.6. The molecule has 0 amide bonds. The molecule has 3 fully saturated rings. The fraction of sp³-hybridized carbons (Fsp3) is 0.677. The average Bonchev–Trinajstić information content (AvgIpc) is 3.64. The first-order valence-corrected chi connectivity index (χ1v) is 14.9. The number of allylic oxidation sites excluding steroid dienone is 1. The lowest BCUT2D eigenvalue weighted by Crippen LogP contribution is -2.38. The number of hydrogen-bond acceptors (Lipinski definition) is 3. The molecule has 0 bridgehead atoms. The first-order valence-electron chi connectivity index (χ1n) is 14.5. The standard InChI is InChI=1S/C31H39ClF4N2O/c1-18-14-22(33)15-25(30(18)32)29-21(4-3-5-24(29)19-10-12-38(2)13-11-19)8-9-23(39)16-28-26(31(34,35)36)17-27(37-28)20-6-7-20/h14-15,17,19-21,24,28-29H,3-13,16H2,1-2H3/t21?,24-,28?,29-/m0/s1. The Morgan fingerprint density at radius 3 is 2.49 bits per heavy atom. The van der Waals surface area contributed by atoms with Gasteiger partial charge in [0, 0.05) is 29.5 Å². The summed E-state index contributed by atoms with van der Waals surface area (Å²) >= 11 is 6.80. The summed E-state index contributed by atoms with van der Waals surface area (Å²) < 4.78 is 55.7. The van der Waals surface area contributed by atoms with E-state index < -0.39 is 17.8 Å². The molecule has 0 N–H and O–H groups in total. The van der Waals surface area contributed by atoms with Gasteiger partial charge in [-0.3, -0.25) is 9.79 Å². The third kappa shape index (κ3) is 6.61. The van der Waals surface area contributed by atoms with Gasteiger partial charge in [-0.2, -0.15) is 13.2 Å². The average molecular weight is 567 g/mol. The van der Waals surface area contributed by atoms with Gasteiger partial charge in [0.1, 0.15) is 11.6 Å². The highest BCUT2D eigenvalue weighted by molar-refractivity contribution is 6.32. The lowest BCUT2D eigenvalue weighted by Gasteiger charge is -2.45. The number of likely N-dealkylation sites (tertiary alicyclic amines) is 1. The summed E-state index contributed by atoms with van der Waals surface area (Å²) in [5.41, 5.74) is 1.38. The Bertz CT molecular complexity index is 1130. The van der Waals surface area contributed by atoms with Gasteiger partial charge in [0.05, 0.1) is 11.6 Å². The number of nitrogens with zero attached hydrogens (tertiary/aromatic N) is 2. The third-order valence-electron chi connectivity index (χ3n) is 9.56. The van der Waals surface area contributed by atoms with Crippen molar-refractivity contribution in [3.8, 4) is 0 Å². The number of Topliss-reactive ketones (excluding diaryl/α,β-unsaturated/α-hetero) is 1.